The smallest absolute Gasteiger partial charge is 0.289 e. The number of aromatic nitrogens is 6. The van der Waals surface area contributed by atoms with Crippen molar-refractivity contribution in [2.45, 2.75) is 36.7 Å². The van der Waals surface area contributed by atoms with Gasteiger partial charge in [-0.15, -0.1) is 0 Å². The highest BCUT2D eigenvalue weighted by Crippen LogP contribution is 2.37. The van der Waals surface area contributed by atoms with Gasteiger partial charge in [-0.05, 0) is 37.1 Å². The first-order valence-electron chi connectivity index (χ1n) is 12.1. The molecule has 3 heterocycles. The first kappa shape index (κ1) is 26.4. The molecule has 0 unspecified atom stereocenters. The second-order valence-corrected chi connectivity index (χ2v) is 11.7. The molecule has 39 heavy (non-hydrogen) atoms. The number of carbonyl (C=O) groups is 1. The van der Waals surface area contributed by atoms with Gasteiger partial charge in [-0.3, -0.25) is 18.8 Å². The average Bonchev–Trinajstić information content (AvgIpc) is 3.23. The second-order valence-electron chi connectivity index (χ2n) is 10.0. The fourth-order valence-electron chi connectivity index (χ4n) is 4.20. The third-order valence-corrected chi connectivity index (χ3v) is 8.14. The van der Waals surface area contributed by atoms with Gasteiger partial charge < -0.3 is 19.7 Å². The van der Waals surface area contributed by atoms with Gasteiger partial charge in [0, 0.05) is 44.0 Å². The molecule has 1 fully saturated rings. The maximum Gasteiger partial charge on any atom is 0.289 e. The van der Waals surface area contributed by atoms with Gasteiger partial charge in [-0.1, -0.05) is 0 Å². The fraction of sp³-hybridized carbons (Fsp3) is 0.375. The molecule has 1 aliphatic rings. The monoisotopic (exact) mass is 555 g/mol. The molecule has 1 saturated carbocycles. The number of fused-ring (bicyclic) bond motifs is 1. The molecule has 4 aromatic rings. The summed E-state index contributed by atoms with van der Waals surface area (Å²) in [6, 6.07) is 2.77. The number of nitrogens with one attached hydrogen (secondary N) is 3. The van der Waals surface area contributed by atoms with E-state index in [0.717, 1.165) is 18.4 Å². The first-order valence-corrected chi connectivity index (χ1v) is 13.6. The quantitative estimate of drug-likeness (QED) is 0.266. The highest BCUT2D eigenvalue weighted by molar-refractivity contribution is 7.89. The summed E-state index contributed by atoms with van der Waals surface area (Å²) >= 11 is 0. The maximum atomic E-state index is 13.9. The van der Waals surface area contributed by atoms with E-state index >= 15 is 0 Å². The molecule has 206 valence electrons. The molecule has 0 radical (unpaired) electrons. The van der Waals surface area contributed by atoms with E-state index in [-0.39, 0.29) is 34.2 Å². The Bertz CT molecular complexity index is 1820. The summed E-state index contributed by atoms with van der Waals surface area (Å²) in [4.78, 5) is 42.9. The standard InChI is InChI=1S/C24H29N9O5S/c1-24(6-7-24)30-39(36,37)15-8-16(18-11-25-20(27-18)22(35)31(2)3)19-17(9-15)21(34)33(23(28-19)29-38-5)13-14-10-26-32(4)12-14/h8-12,30H,6-7,13H2,1-5H3,(H,25,27)(H,28,29). The van der Waals surface area contributed by atoms with Crippen molar-refractivity contribution in [2.24, 2.45) is 12.2 Å². The third kappa shape index (κ3) is 5.09. The lowest BCUT2D eigenvalue weighted by molar-refractivity contribution is 0.0817. The molecule has 0 bridgehead atoms. The minimum absolute atomic E-state index is 0.0618. The zero-order valence-electron chi connectivity index (χ0n) is 22.1. The summed E-state index contributed by atoms with van der Waals surface area (Å²) in [6.45, 7) is 1.93. The summed E-state index contributed by atoms with van der Waals surface area (Å²) < 4.78 is 32.5. The number of aromatic amines is 2. The van der Waals surface area contributed by atoms with E-state index in [1.165, 1.54) is 34.9 Å². The molecule has 3 N–H and O–H groups in total. The predicted octanol–water partition coefficient (Wildman–Crippen LogP) is 0.496. The highest BCUT2D eigenvalue weighted by Gasteiger charge is 2.41. The lowest BCUT2D eigenvalue weighted by Crippen LogP contribution is -2.37. The van der Waals surface area contributed by atoms with Gasteiger partial charge in [0.15, 0.2) is 5.82 Å². The molecule has 1 aromatic carbocycles. The third-order valence-electron chi connectivity index (χ3n) is 6.52. The molecular formula is C24H29N9O5S. The van der Waals surface area contributed by atoms with Crippen molar-refractivity contribution in [3.05, 3.63) is 58.1 Å². The van der Waals surface area contributed by atoms with Crippen molar-refractivity contribution < 1.29 is 18.0 Å². The number of H-pyrrole nitrogens is 2. The van der Waals surface area contributed by atoms with Crippen molar-refractivity contribution in [3.63, 3.8) is 0 Å². The number of nitrogens with zero attached hydrogens (tertiary/aromatic N) is 6. The van der Waals surface area contributed by atoms with Crippen LogP contribution in [0, 0.1) is 0 Å². The normalized spacial score (nSPS) is 15.1. The van der Waals surface area contributed by atoms with Crippen molar-refractivity contribution in [2.75, 3.05) is 21.2 Å². The van der Waals surface area contributed by atoms with Crippen LogP contribution in [-0.2, 0) is 28.5 Å². The van der Waals surface area contributed by atoms with E-state index in [1.807, 2.05) is 6.92 Å². The summed E-state index contributed by atoms with van der Waals surface area (Å²) in [5.41, 5.74) is 0.754. The number of imidazole rings is 1. The number of hydrogen-bond donors (Lipinski definition) is 3. The molecular weight excluding hydrogens is 526 g/mol. The zero-order valence-corrected chi connectivity index (χ0v) is 23.0. The van der Waals surface area contributed by atoms with E-state index in [2.05, 4.69) is 29.9 Å². The number of rotatable bonds is 8. The summed E-state index contributed by atoms with van der Waals surface area (Å²) in [5, 5.41) is 8.25. The number of aryl methyl sites for hydroxylation is 1. The number of benzene rings is 1. The lowest BCUT2D eigenvalue weighted by Gasteiger charge is -2.15. The number of amides is 1. The molecule has 0 aliphatic heterocycles. The minimum Gasteiger partial charge on any atom is -0.396 e. The Hall–Kier alpha value is -4.24. The van der Waals surface area contributed by atoms with Crippen LogP contribution in [0.15, 0.2) is 45.6 Å². The molecule has 14 nitrogen and oxygen atoms in total. The van der Waals surface area contributed by atoms with Crippen LogP contribution in [-0.4, -0.2) is 75.3 Å². The van der Waals surface area contributed by atoms with E-state index < -0.39 is 21.1 Å². The van der Waals surface area contributed by atoms with E-state index in [1.54, 1.807) is 38.2 Å². The minimum atomic E-state index is -3.99. The molecule has 5 rings (SSSR count). The van der Waals surface area contributed by atoms with E-state index in [0.29, 0.717) is 16.8 Å². The summed E-state index contributed by atoms with van der Waals surface area (Å²) in [6.07, 6.45) is 6.23. The molecule has 1 amide bonds. The van der Waals surface area contributed by atoms with E-state index in [4.69, 9.17) is 4.84 Å². The fourth-order valence-corrected chi connectivity index (χ4v) is 5.72. The maximum absolute atomic E-state index is 13.9. The van der Waals surface area contributed by atoms with Crippen molar-refractivity contribution in [3.8, 4) is 11.3 Å². The summed E-state index contributed by atoms with van der Waals surface area (Å²) in [7, 11) is 2.31. The van der Waals surface area contributed by atoms with Crippen LogP contribution < -0.4 is 15.9 Å². The highest BCUT2D eigenvalue weighted by atomic mass is 32.2. The number of carbonyl (C=O) groups excluding carboxylic acids is 1. The van der Waals surface area contributed by atoms with Gasteiger partial charge in [-0.25, -0.2) is 18.1 Å². The number of hydrogen-bond acceptors (Lipinski definition) is 8. The van der Waals surface area contributed by atoms with Crippen LogP contribution in [0.5, 0.6) is 0 Å². The van der Waals surface area contributed by atoms with Gasteiger partial charge in [0.05, 0.1) is 40.4 Å². The van der Waals surface area contributed by atoms with E-state index in [9.17, 15) is 18.0 Å². The van der Waals surface area contributed by atoms with Crippen LogP contribution in [0.2, 0.25) is 0 Å². The lowest BCUT2D eigenvalue weighted by atomic mass is 10.1. The Balaban J connectivity index is 1.78. The van der Waals surface area contributed by atoms with Gasteiger partial charge in [-0.2, -0.15) is 5.10 Å². The van der Waals surface area contributed by atoms with Crippen LogP contribution in [0.3, 0.4) is 0 Å². The van der Waals surface area contributed by atoms with Gasteiger partial charge in [0.25, 0.3) is 11.5 Å². The first-order chi connectivity index (χ1) is 18.4. The van der Waals surface area contributed by atoms with Crippen molar-refractivity contribution >= 4 is 26.8 Å². The Morgan fingerprint density at radius 2 is 2.00 bits per heavy atom. The Labute approximate surface area is 223 Å². The molecule has 1 aliphatic carbocycles. The second kappa shape index (κ2) is 9.50. The number of sulfonamides is 1. The Morgan fingerprint density at radius 3 is 2.62 bits per heavy atom. The van der Waals surface area contributed by atoms with Crippen molar-refractivity contribution in [1.29, 1.82) is 0 Å². The van der Waals surface area contributed by atoms with Crippen LogP contribution >= 0.6 is 0 Å². The zero-order chi connectivity index (χ0) is 28.1. The Kier molecular flexibility index (Phi) is 6.42. The molecule has 0 atom stereocenters. The predicted molar refractivity (Wildman–Crippen MR) is 141 cm³/mol. The molecule has 0 saturated heterocycles. The average molecular weight is 556 g/mol. The van der Waals surface area contributed by atoms with Crippen LogP contribution in [0.4, 0.5) is 0 Å². The van der Waals surface area contributed by atoms with Gasteiger partial charge in [0.2, 0.25) is 15.6 Å². The van der Waals surface area contributed by atoms with Gasteiger partial charge >= 0.3 is 0 Å². The van der Waals surface area contributed by atoms with Crippen LogP contribution in [0.25, 0.3) is 22.2 Å². The van der Waals surface area contributed by atoms with Gasteiger partial charge in [0.1, 0.15) is 7.11 Å². The summed E-state index contributed by atoms with van der Waals surface area (Å²) in [5.74, 6) is -0.303. The van der Waals surface area contributed by atoms with Crippen molar-refractivity contribution in [1.82, 2.24) is 38.9 Å². The largest absolute Gasteiger partial charge is 0.396 e. The van der Waals surface area contributed by atoms with Crippen LogP contribution in [0.1, 0.15) is 35.9 Å². The molecule has 15 heteroatoms. The molecule has 3 aromatic heterocycles. The Morgan fingerprint density at radius 1 is 1.26 bits per heavy atom. The molecule has 0 spiro atoms. The topological polar surface area (TPSA) is 172 Å². The SMILES string of the molecule is CO/N=c1\[nH]c2c(-c3cnc(C(=O)N(C)C)[nH]3)cc(S(=O)(=O)NC3(C)CC3)cc2c(=O)n1Cc1cnn(C)c1.